The van der Waals surface area contributed by atoms with Crippen LogP contribution in [0.2, 0.25) is 0 Å². The maximum absolute atomic E-state index is 12.3. The van der Waals surface area contributed by atoms with Crippen molar-refractivity contribution in [2.24, 2.45) is 0 Å². The van der Waals surface area contributed by atoms with Crippen LogP contribution >= 0.6 is 0 Å². The number of Topliss-reactive ketones (excluding diaryl/α,β-unsaturated/α-hetero) is 1. The minimum absolute atomic E-state index is 0.273. The van der Waals surface area contributed by atoms with Crippen LogP contribution in [0.25, 0.3) is 0 Å². The largest absolute Gasteiger partial charge is 0.454 e. The quantitative estimate of drug-likeness (QED) is 0.750. The van der Waals surface area contributed by atoms with Gasteiger partial charge >= 0.3 is 6.18 Å². The Morgan fingerprint density at radius 1 is 1.31 bits per heavy atom. The van der Waals surface area contributed by atoms with Crippen molar-refractivity contribution < 1.29 is 18.0 Å². The lowest BCUT2D eigenvalue weighted by Crippen LogP contribution is -2.25. The predicted octanol–water partition coefficient (Wildman–Crippen LogP) is 2.79. The lowest BCUT2D eigenvalue weighted by Gasteiger charge is -2.20. The van der Waals surface area contributed by atoms with Crippen LogP contribution < -0.4 is 5.32 Å². The Bertz CT molecular complexity index is 426. The fourth-order valence-electron chi connectivity index (χ4n) is 1.85. The predicted molar refractivity (Wildman–Crippen MR) is 53.6 cm³/mol. The van der Waals surface area contributed by atoms with E-state index in [9.17, 15) is 18.0 Å². The van der Waals surface area contributed by atoms with Crippen molar-refractivity contribution in [3.05, 3.63) is 29.3 Å². The molecular weight excluding hydrogens is 219 g/mol. The van der Waals surface area contributed by atoms with Gasteiger partial charge in [0.1, 0.15) is 0 Å². The highest BCUT2D eigenvalue weighted by molar-refractivity contribution is 6.05. The number of benzene rings is 1. The third-order valence-electron chi connectivity index (χ3n) is 2.58. The van der Waals surface area contributed by atoms with Gasteiger partial charge in [-0.15, -0.1) is 0 Å². The molecule has 0 atom stereocenters. The van der Waals surface area contributed by atoms with Crippen molar-refractivity contribution in [2.75, 3.05) is 11.9 Å². The first kappa shape index (κ1) is 11.0. The van der Waals surface area contributed by atoms with Gasteiger partial charge in [0, 0.05) is 12.2 Å². The summed E-state index contributed by atoms with van der Waals surface area (Å²) >= 11 is 0. The summed E-state index contributed by atoms with van der Waals surface area (Å²) in [6.07, 6.45) is -3.23. The van der Waals surface area contributed by atoms with Gasteiger partial charge in [0.2, 0.25) is 0 Å². The van der Waals surface area contributed by atoms with E-state index < -0.39 is 12.0 Å². The monoisotopic (exact) mass is 229 g/mol. The van der Waals surface area contributed by atoms with E-state index in [1.807, 2.05) is 0 Å². The van der Waals surface area contributed by atoms with E-state index in [4.69, 9.17) is 0 Å². The van der Waals surface area contributed by atoms with Gasteiger partial charge in [-0.25, -0.2) is 0 Å². The number of aryl methyl sites for hydroxylation is 1. The molecule has 1 aliphatic rings. The van der Waals surface area contributed by atoms with Gasteiger partial charge in [-0.2, -0.15) is 13.2 Å². The van der Waals surface area contributed by atoms with Gasteiger partial charge in [-0.1, -0.05) is 12.1 Å². The molecule has 0 aliphatic carbocycles. The lowest BCUT2D eigenvalue weighted by atomic mass is 9.97. The molecule has 2 nitrogen and oxygen atoms in total. The molecule has 0 fully saturated rings. The van der Waals surface area contributed by atoms with Crippen LogP contribution in [0.3, 0.4) is 0 Å². The number of anilines is 1. The highest BCUT2D eigenvalue weighted by Gasteiger charge is 2.40. The van der Waals surface area contributed by atoms with Crippen LogP contribution in [0, 0.1) is 0 Å². The Balaban J connectivity index is 2.46. The molecule has 0 aromatic heterocycles. The van der Waals surface area contributed by atoms with Crippen molar-refractivity contribution in [1.29, 1.82) is 0 Å². The maximum Gasteiger partial charge on any atom is 0.454 e. The molecule has 1 heterocycles. The third-order valence-corrected chi connectivity index (χ3v) is 2.58. The normalized spacial score (nSPS) is 15.2. The zero-order chi connectivity index (χ0) is 11.8. The van der Waals surface area contributed by atoms with Crippen molar-refractivity contribution in [2.45, 2.75) is 19.0 Å². The summed E-state index contributed by atoms with van der Waals surface area (Å²) in [4.78, 5) is 11.2. The molecule has 1 aromatic carbocycles. The fraction of sp³-hybridized carbons (Fsp3) is 0.364. The summed E-state index contributed by atoms with van der Waals surface area (Å²) in [5.74, 6) is -1.78. The second-order valence-electron chi connectivity index (χ2n) is 3.70. The fourth-order valence-corrected chi connectivity index (χ4v) is 1.85. The summed E-state index contributed by atoms with van der Waals surface area (Å²) < 4.78 is 37.0. The van der Waals surface area contributed by atoms with E-state index in [1.54, 1.807) is 6.07 Å². The molecule has 1 N–H and O–H groups in total. The molecule has 0 spiro atoms. The number of ketones is 1. The molecule has 0 unspecified atom stereocenters. The van der Waals surface area contributed by atoms with E-state index in [1.165, 1.54) is 12.1 Å². The van der Waals surface area contributed by atoms with Crippen LogP contribution in [0.15, 0.2) is 18.2 Å². The van der Waals surface area contributed by atoms with E-state index in [2.05, 4.69) is 5.32 Å². The summed E-state index contributed by atoms with van der Waals surface area (Å²) in [7, 11) is 0. The highest BCUT2D eigenvalue weighted by atomic mass is 19.4. The molecule has 0 bridgehead atoms. The Hall–Kier alpha value is -1.52. The number of alkyl halides is 3. The van der Waals surface area contributed by atoms with E-state index >= 15 is 0 Å². The average molecular weight is 229 g/mol. The first-order chi connectivity index (χ1) is 7.50. The molecule has 5 heteroatoms. The number of fused-ring (bicyclic) bond motifs is 1. The number of para-hydroxylation sites is 1. The number of nitrogens with one attached hydrogen (secondary N) is 1. The molecule has 1 aromatic rings. The Labute approximate surface area is 90.5 Å². The number of hydrogen-bond donors (Lipinski definition) is 1. The number of carbonyl (C=O) groups is 1. The molecule has 86 valence electrons. The van der Waals surface area contributed by atoms with Gasteiger partial charge < -0.3 is 5.32 Å². The minimum atomic E-state index is -4.81. The molecule has 0 radical (unpaired) electrons. The van der Waals surface area contributed by atoms with E-state index in [0.29, 0.717) is 18.7 Å². The van der Waals surface area contributed by atoms with Crippen molar-refractivity contribution in [3.8, 4) is 0 Å². The minimum Gasteiger partial charge on any atom is -0.384 e. The third kappa shape index (κ3) is 1.89. The zero-order valence-corrected chi connectivity index (χ0v) is 8.40. The van der Waals surface area contributed by atoms with Crippen LogP contribution in [-0.2, 0) is 6.42 Å². The summed E-state index contributed by atoms with van der Waals surface area (Å²) in [6, 6.07) is 4.45. The van der Waals surface area contributed by atoms with E-state index in [0.717, 1.165) is 12.0 Å². The van der Waals surface area contributed by atoms with Crippen molar-refractivity contribution in [3.63, 3.8) is 0 Å². The summed E-state index contributed by atoms with van der Waals surface area (Å²) in [5, 5.41) is 2.86. The molecule has 0 saturated carbocycles. The second kappa shape index (κ2) is 3.81. The van der Waals surface area contributed by atoms with Crippen LogP contribution in [-0.4, -0.2) is 18.5 Å². The van der Waals surface area contributed by atoms with Crippen LogP contribution in [0.1, 0.15) is 22.3 Å². The summed E-state index contributed by atoms with van der Waals surface area (Å²) in [6.45, 7) is 0.606. The molecule has 2 rings (SSSR count). The second-order valence-corrected chi connectivity index (χ2v) is 3.70. The Morgan fingerprint density at radius 2 is 2.06 bits per heavy atom. The molecule has 0 saturated heterocycles. The van der Waals surface area contributed by atoms with Crippen molar-refractivity contribution >= 4 is 11.5 Å². The number of rotatable bonds is 1. The first-order valence-electron chi connectivity index (χ1n) is 4.97. The SMILES string of the molecule is O=C(c1cccc2c1NCCC2)C(F)(F)F. The lowest BCUT2D eigenvalue weighted by molar-refractivity contribution is -0.0884. The standard InChI is InChI=1S/C11H10F3NO/c12-11(13,14)10(16)8-5-1-3-7-4-2-6-15-9(7)8/h1,3,5,15H,2,4,6H2. The number of hydrogen-bond acceptors (Lipinski definition) is 2. The zero-order valence-electron chi connectivity index (χ0n) is 8.40. The van der Waals surface area contributed by atoms with Gasteiger partial charge in [0.05, 0.1) is 5.56 Å². The Morgan fingerprint density at radius 3 is 2.75 bits per heavy atom. The number of halogens is 3. The van der Waals surface area contributed by atoms with Gasteiger partial charge in [-0.05, 0) is 24.5 Å². The number of carbonyl (C=O) groups excluding carboxylic acids is 1. The molecular formula is C11H10F3NO. The van der Waals surface area contributed by atoms with Crippen LogP contribution in [0.5, 0.6) is 0 Å². The maximum atomic E-state index is 12.3. The highest BCUT2D eigenvalue weighted by Crippen LogP contribution is 2.31. The smallest absolute Gasteiger partial charge is 0.384 e. The van der Waals surface area contributed by atoms with Gasteiger partial charge in [-0.3, -0.25) is 4.79 Å². The Kier molecular flexibility index (Phi) is 2.61. The van der Waals surface area contributed by atoms with Gasteiger partial charge in [0.15, 0.2) is 0 Å². The van der Waals surface area contributed by atoms with Gasteiger partial charge in [0.25, 0.3) is 5.78 Å². The van der Waals surface area contributed by atoms with Crippen molar-refractivity contribution in [1.82, 2.24) is 0 Å². The van der Waals surface area contributed by atoms with E-state index in [-0.39, 0.29) is 5.56 Å². The first-order valence-corrected chi connectivity index (χ1v) is 4.97. The summed E-state index contributed by atoms with van der Waals surface area (Å²) in [5.41, 5.74) is 0.849. The molecule has 16 heavy (non-hydrogen) atoms. The topological polar surface area (TPSA) is 29.1 Å². The molecule has 1 aliphatic heterocycles. The molecule has 0 amide bonds. The average Bonchev–Trinajstić information content (AvgIpc) is 2.26. The van der Waals surface area contributed by atoms with Crippen LogP contribution in [0.4, 0.5) is 18.9 Å².